The third-order valence-electron chi connectivity index (χ3n) is 3.46. The second-order valence-corrected chi connectivity index (χ2v) is 6.64. The molecule has 2 aromatic heterocycles. The summed E-state index contributed by atoms with van der Waals surface area (Å²) in [5.74, 6) is 0. The van der Waals surface area contributed by atoms with Gasteiger partial charge in [0.05, 0.1) is 18.4 Å². The van der Waals surface area contributed by atoms with E-state index in [4.69, 9.17) is 0 Å². The number of fused-ring (bicyclic) bond motifs is 1. The second-order valence-electron chi connectivity index (χ2n) is 4.92. The van der Waals surface area contributed by atoms with Gasteiger partial charge in [0.1, 0.15) is 0 Å². The lowest BCUT2D eigenvalue weighted by Gasteiger charge is -2.11. The van der Waals surface area contributed by atoms with Crippen molar-refractivity contribution >= 4 is 10.0 Å². The molecule has 2 aromatic rings. The zero-order valence-corrected chi connectivity index (χ0v) is 12.1. The van der Waals surface area contributed by atoms with Gasteiger partial charge in [-0.3, -0.25) is 9.36 Å². The minimum atomic E-state index is -3.55. The Labute approximate surface area is 117 Å². The highest BCUT2D eigenvalue weighted by Crippen LogP contribution is 2.15. The molecule has 0 unspecified atom stereocenters. The molecule has 0 aromatic carbocycles. The van der Waals surface area contributed by atoms with Crippen LogP contribution in [-0.4, -0.2) is 28.0 Å². The van der Waals surface area contributed by atoms with E-state index in [9.17, 15) is 8.42 Å². The van der Waals surface area contributed by atoms with Crippen molar-refractivity contribution in [3.63, 3.8) is 0 Å². The van der Waals surface area contributed by atoms with Crippen molar-refractivity contribution in [1.82, 2.24) is 24.3 Å². The normalized spacial score (nSPS) is 15.2. The zero-order valence-electron chi connectivity index (χ0n) is 11.3. The van der Waals surface area contributed by atoms with Gasteiger partial charge in [-0.2, -0.15) is 10.2 Å². The highest BCUT2D eigenvalue weighted by atomic mass is 32.2. The van der Waals surface area contributed by atoms with Crippen molar-refractivity contribution in [2.24, 2.45) is 7.05 Å². The van der Waals surface area contributed by atoms with E-state index in [0.29, 0.717) is 0 Å². The summed E-state index contributed by atoms with van der Waals surface area (Å²) in [6.07, 6.45) is 4.78. The Bertz CT molecular complexity index is 693. The first-order valence-electron chi connectivity index (χ1n) is 6.59. The second kappa shape index (κ2) is 5.02. The van der Waals surface area contributed by atoms with Crippen LogP contribution < -0.4 is 4.72 Å². The molecule has 1 aliphatic heterocycles. The molecule has 1 N–H and O–H groups in total. The highest BCUT2D eigenvalue weighted by Gasteiger charge is 2.19. The summed E-state index contributed by atoms with van der Waals surface area (Å²) in [5.41, 5.74) is 1.94. The van der Waals surface area contributed by atoms with Crippen LogP contribution in [0, 0.1) is 0 Å². The molecule has 8 heteroatoms. The van der Waals surface area contributed by atoms with Gasteiger partial charge in [-0.25, -0.2) is 13.1 Å². The quantitative estimate of drug-likeness (QED) is 0.887. The summed E-state index contributed by atoms with van der Waals surface area (Å²) in [4.78, 5) is 0. The van der Waals surface area contributed by atoms with Crippen molar-refractivity contribution in [2.75, 3.05) is 0 Å². The van der Waals surface area contributed by atoms with Gasteiger partial charge in [-0.05, 0) is 31.4 Å². The number of hydrogen-bond donors (Lipinski definition) is 1. The first-order valence-corrected chi connectivity index (χ1v) is 8.08. The van der Waals surface area contributed by atoms with E-state index < -0.39 is 10.0 Å². The summed E-state index contributed by atoms with van der Waals surface area (Å²) in [6.45, 7) is 1.12. The standard InChI is InChI=1S/C12H17N5O2S/c1-16-12(5-6-13-16)20(18,19)14-9-10-8-11-4-2-3-7-17(11)15-10/h5-6,8,14H,2-4,7,9H2,1H3. The summed E-state index contributed by atoms with van der Waals surface area (Å²) in [6, 6.07) is 3.45. The topological polar surface area (TPSA) is 81.8 Å². The smallest absolute Gasteiger partial charge is 0.258 e. The third-order valence-corrected chi connectivity index (χ3v) is 4.94. The van der Waals surface area contributed by atoms with Crippen molar-refractivity contribution < 1.29 is 8.42 Å². The minimum absolute atomic E-state index is 0.154. The molecule has 0 spiro atoms. The lowest BCUT2D eigenvalue weighted by molar-refractivity contribution is 0.482. The van der Waals surface area contributed by atoms with Gasteiger partial charge < -0.3 is 0 Å². The van der Waals surface area contributed by atoms with E-state index in [1.807, 2.05) is 10.7 Å². The molecular weight excluding hydrogens is 278 g/mol. The molecule has 0 fully saturated rings. The third kappa shape index (κ3) is 2.48. The van der Waals surface area contributed by atoms with Gasteiger partial charge in [0.15, 0.2) is 5.03 Å². The highest BCUT2D eigenvalue weighted by molar-refractivity contribution is 7.89. The molecular formula is C12H17N5O2S. The van der Waals surface area contributed by atoms with Crippen LogP contribution in [0.1, 0.15) is 24.2 Å². The fourth-order valence-corrected chi connectivity index (χ4v) is 3.55. The molecule has 0 bridgehead atoms. The molecule has 0 aliphatic carbocycles. The lowest BCUT2D eigenvalue weighted by atomic mass is 10.1. The molecule has 20 heavy (non-hydrogen) atoms. The molecule has 0 saturated heterocycles. The average Bonchev–Trinajstić information content (AvgIpc) is 3.02. The average molecular weight is 295 g/mol. The fourth-order valence-electron chi connectivity index (χ4n) is 2.43. The monoisotopic (exact) mass is 295 g/mol. The van der Waals surface area contributed by atoms with Gasteiger partial charge in [0, 0.05) is 19.3 Å². The Hall–Kier alpha value is -1.67. The molecule has 3 rings (SSSR count). The van der Waals surface area contributed by atoms with Crippen LogP contribution in [0.3, 0.4) is 0 Å². The Morgan fingerprint density at radius 2 is 2.25 bits per heavy atom. The number of sulfonamides is 1. The molecule has 108 valence electrons. The number of aromatic nitrogens is 4. The lowest BCUT2D eigenvalue weighted by Crippen LogP contribution is -2.25. The Balaban J connectivity index is 1.73. The minimum Gasteiger partial charge on any atom is -0.269 e. The van der Waals surface area contributed by atoms with Crippen molar-refractivity contribution in [3.8, 4) is 0 Å². The Morgan fingerprint density at radius 1 is 1.40 bits per heavy atom. The van der Waals surface area contributed by atoms with Crippen molar-refractivity contribution in [1.29, 1.82) is 0 Å². The van der Waals surface area contributed by atoms with Gasteiger partial charge >= 0.3 is 0 Å². The molecule has 3 heterocycles. The largest absolute Gasteiger partial charge is 0.269 e. The van der Waals surface area contributed by atoms with Crippen molar-refractivity contribution in [2.45, 2.75) is 37.4 Å². The van der Waals surface area contributed by atoms with Gasteiger partial charge in [-0.1, -0.05) is 0 Å². The van der Waals surface area contributed by atoms with E-state index in [2.05, 4.69) is 14.9 Å². The zero-order chi connectivity index (χ0) is 14.2. The SMILES string of the molecule is Cn1nccc1S(=O)(=O)NCc1cc2n(n1)CCCC2. The molecule has 0 atom stereocenters. The summed E-state index contributed by atoms with van der Waals surface area (Å²) >= 11 is 0. The summed E-state index contributed by atoms with van der Waals surface area (Å²) in [5, 5.41) is 8.45. The number of nitrogens with zero attached hydrogens (tertiary/aromatic N) is 4. The van der Waals surface area contributed by atoms with Crippen LogP contribution in [0.2, 0.25) is 0 Å². The van der Waals surface area contributed by atoms with Crippen LogP contribution in [0.4, 0.5) is 0 Å². The van der Waals surface area contributed by atoms with Crippen LogP contribution >= 0.6 is 0 Å². The maximum absolute atomic E-state index is 12.1. The molecule has 0 amide bonds. The maximum atomic E-state index is 12.1. The fraction of sp³-hybridized carbons (Fsp3) is 0.500. The number of hydrogen-bond acceptors (Lipinski definition) is 4. The Morgan fingerprint density at radius 3 is 2.95 bits per heavy atom. The van der Waals surface area contributed by atoms with E-state index in [1.54, 1.807) is 7.05 Å². The van der Waals surface area contributed by atoms with E-state index in [0.717, 1.165) is 25.1 Å². The van der Waals surface area contributed by atoms with Gasteiger partial charge in [-0.15, -0.1) is 0 Å². The van der Waals surface area contributed by atoms with E-state index in [-0.39, 0.29) is 11.6 Å². The maximum Gasteiger partial charge on any atom is 0.258 e. The Kier molecular flexibility index (Phi) is 3.35. The van der Waals surface area contributed by atoms with Crippen LogP contribution in [0.25, 0.3) is 0 Å². The van der Waals surface area contributed by atoms with Crippen LogP contribution in [-0.2, 0) is 36.6 Å². The van der Waals surface area contributed by atoms with Crippen LogP contribution in [0.5, 0.6) is 0 Å². The van der Waals surface area contributed by atoms with Gasteiger partial charge in [0.25, 0.3) is 10.0 Å². The van der Waals surface area contributed by atoms with Crippen molar-refractivity contribution in [3.05, 3.63) is 29.7 Å². The molecule has 7 nitrogen and oxygen atoms in total. The predicted molar refractivity (Wildman–Crippen MR) is 72.4 cm³/mol. The summed E-state index contributed by atoms with van der Waals surface area (Å²) < 4.78 is 30.1. The number of rotatable bonds is 4. The van der Waals surface area contributed by atoms with E-state index in [1.165, 1.54) is 29.1 Å². The summed E-state index contributed by atoms with van der Waals surface area (Å²) in [7, 11) is -1.94. The number of nitrogens with one attached hydrogen (secondary N) is 1. The number of aryl methyl sites for hydroxylation is 3. The van der Waals surface area contributed by atoms with Crippen LogP contribution in [0.15, 0.2) is 23.4 Å². The van der Waals surface area contributed by atoms with Gasteiger partial charge in [0.2, 0.25) is 0 Å². The molecule has 1 aliphatic rings. The predicted octanol–water partition coefficient (Wildman–Crippen LogP) is 0.431. The van der Waals surface area contributed by atoms with E-state index >= 15 is 0 Å². The first-order chi connectivity index (χ1) is 9.56. The molecule has 0 saturated carbocycles. The first kappa shape index (κ1) is 13.3. The molecule has 0 radical (unpaired) electrons.